The summed E-state index contributed by atoms with van der Waals surface area (Å²) in [6, 6.07) is 11.6. The van der Waals surface area contributed by atoms with Gasteiger partial charge in [-0.3, -0.25) is 4.79 Å². The Morgan fingerprint density at radius 2 is 1.86 bits per heavy atom. The van der Waals surface area contributed by atoms with E-state index in [9.17, 15) is 9.59 Å². The fraction of sp³-hybridized carbons (Fsp3) is 0.286. The van der Waals surface area contributed by atoms with Crippen molar-refractivity contribution in [1.29, 1.82) is 5.26 Å². The third kappa shape index (κ3) is 6.50. The van der Waals surface area contributed by atoms with E-state index in [1.165, 1.54) is 0 Å². The molecule has 0 saturated heterocycles. The predicted molar refractivity (Wildman–Crippen MR) is 111 cm³/mol. The highest BCUT2D eigenvalue weighted by Gasteiger charge is 2.14. The normalized spacial score (nSPS) is 10.0. The number of hydrogen-bond donors (Lipinski definition) is 1. The maximum Gasteiger partial charge on any atom is 0.338 e. The highest BCUT2D eigenvalue weighted by Crippen LogP contribution is 2.36. The van der Waals surface area contributed by atoms with Crippen molar-refractivity contribution in [3.05, 3.63) is 52.0 Å². The molecule has 0 aliphatic heterocycles. The molecule has 0 aliphatic carbocycles. The Balaban J connectivity index is 1.98. The zero-order chi connectivity index (χ0) is 21.2. The first-order valence-electron chi connectivity index (χ1n) is 9.04. The molecular weight excluding hydrogens is 440 g/mol. The van der Waals surface area contributed by atoms with Crippen molar-refractivity contribution in [3.63, 3.8) is 0 Å². The molecule has 2 aromatic carbocycles. The van der Waals surface area contributed by atoms with Crippen LogP contribution >= 0.6 is 15.9 Å². The summed E-state index contributed by atoms with van der Waals surface area (Å²) in [6.45, 7) is 4.22. The van der Waals surface area contributed by atoms with E-state index in [0.717, 1.165) is 6.42 Å². The summed E-state index contributed by atoms with van der Waals surface area (Å²) in [5.41, 5.74) is 1.35. The van der Waals surface area contributed by atoms with Gasteiger partial charge in [-0.15, -0.1) is 0 Å². The average molecular weight is 461 g/mol. The third-order valence-corrected chi connectivity index (χ3v) is 4.22. The number of esters is 1. The summed E-state index contributed by atoms with van der Waals surface area (Å²) in [5.74, 6) is -0.0663. The van der Waals surface area contributed by atoms with Crippen LogP contribution < -0.4 is 14.8 Å². The number of carbonyl (C=O) groups is 2. The van der Waals surface area contributed by atoms with Gasteiger partial charge in [-0.1, -0.05) is 6.92 Å². The molecule has 29 heavy (non-hydrogen) atoms. The molecule has 0 spiro atoms. The van der Waals surface area contributed by atoms with Crippen molar-refractivity contribution in [1.82, 2.24) is 0 Å². The quantitative estimate of drug-likeness (QED) is 0.560. The standard InChI is InChI=1S/C21H21BrN2O5/c1-3-9-28-21(26)15-5-7-16(8-6-15)24-19(25)13-29-20-17(22)10-14(12-23)11-18(20)27-4-2/h5-8,10-11H,3-4,9,13H2,1-2H3,(H,24,25). The van der Waals surface area contributed by atoms with Crippen LogP contribution in [0.25, 0.3) is 0 Å². The van der Waals surface area contributed by atoms with Crippen LogP contribution in [0.1, 0.15) is 36.2 Å². The van der Waals surface area contributed by atoms with Crippen LogP contribution in [-0.2, 0) is 9.53 Å². The second-order valence-electron chi connectivity index (χ2n) is 5.88. The van der Waals surface area contributed by atoms with Crippen molar-refractivity contribution >= 4 is 33.5 Å². The summed E-state index contributed by atoms with van der Waals surface area (Å²) in [4.78, 5) is 24.0. The molecule has 0 fully saturated rings. The SMILES string of the molecule is CCCOC(=O)c1ccc(NC(=O)COc2c(Br)cc(C#N)cc2OCC)cc1. The molecule has 152 valence electrons. The third-order valence-electron chi connectivity index (χ3n) is 3.63. The number of nitriles is 1. The first kappa shape index (κ1) is 22.2. The number of amides is 1. The average Bonchev–Trinajstić information content (AvgIpc) is 2.71. The van der Waals surface area contributed by atoms with E-state index in [1.54, 1.807) is 36.4 Å². The largest absolute Gasteiger partial charge is 0.490 e. The lowest BCUT2D eigenvalue weighted by Gasteiger charge is -2.14. The topological polar surface area (TPSA) is 97.6 Å². The van der Waals surface area contributed by atoms with Crippen molar-refractivity contribution in [3.8, 4) is 17.6 Å². The fourth-order valence-electron chi connectivity index (χ4n) is 2.34. The van der Waals surface area contributed by atoms with Gasteiger partial charge in [0.05, 0.1) is 34.9 Å². The number of ether oxygens (including phenoxy) is 3. The number of benzene rings is 2. The van der Waals surface area contributed by atoms with E-state index >= 15 is 0 Å². The molecule has 0 bridgehead atoms. The van der Waals surface area contributed by atoms with Gasteiger partial charge in [0.25, 0.3) is 5.91 Å². The predicted octanol–water partition coefficient (Wildman–Crippen LogP) is 4.30. The minimum absolute atomic E-state index is 0.259. The van der Waals surface area contributed by atoms with E-state index < -0.39 is 5.97 Å². The maximum absolute atomic E-state index is 12.2. The number of nitrogens with zero attached hydrogens (tertiary/aromatic N) is 1. The summed E-state index contributed by atoms with van der Waals surface area (Å²) in [5, 5.41) is 11.8. The number of carbonyl (C=O) groups excluding carboxylic acids is 2. The van der Waals surface area contributed by atoms with E-state index in [0.29, 0.717) is 46.0 Å². The van der Waals surface area contributed by atoms with Gasteiger partial charge in [-0.25, -0.2) is 4.79 Å². The van der Waals surface area contributed by atoms with Gasteiger partial charge in [0.1, 0.15) is 0 Å². The zero-order valence-electron chi connectivity index (χ0n) is 16.2. The maximum atomic E-state index is 12.2. The highest BCUT2D eigenvalue weighted by molar-refractivity contribution is 9.10. The van der Waals surface area contributed by atoms with Gasteiger partial charge in [0.15, 0.2) is 18.1 Å². The van der Waals surface area contributed by atoms with Crippen LogP contribution in [0, 0.1) is 11.3 Å². The Hall–Kier alpha value is -3.05. The molecule has 0 atom stereocenters. The van der Waals surface area contributed by atoms with Gasteiger partial charge >= 0.3 is 5.97 Å². The molecule has 7 nitrogen and oxygen atoms in total. The smallest absolute Gasteiger partial charge is 0.338 e. The lowest BCUT2D eigenvalue weighted by atomic mass is 10.2. The summed E-state index contributed by atoms with van der Waals surface area (Å²) in [7, 11) is 0. The number of hydrogen-bond acceptors (Lipinski definition) is 6. The lowest BCUT2D eigenvalue weighted by Crippen LogP contribution is -2.20. The number of nitrogens with one attached hydrogen (secondary N) is 1. The molecular formula is C21H21BrN2O5. The van der Waals surface area contributed by atoms with E-state index in [2.05, 4.69) is 21.2 Å². The summed E-state index contributed by atoms with van der Waals surface area (Å²) < 4.78 is 16.7. The second-order valence-corrected chi connectivity index (χ2v) is 6.73. The van der Waals surface area contributed by atoms with E-state index in [4.69, 9.17) is 19.5 Å². The monoisotopic (exact) mass is 460 g/mol. The van der Waals surface area contributed by atoms with Crippen molar-refractivity contribution in [2.75, 3.05) is 25.1 Å². The van der Waals surface area contributed by atoms with Gasteiger partial charge in [0.2, 0.25) is 0 Å². The summed E-state index contributed by atoms with van der Waals surface area (Å²) in [6.07, 6.45) is 0.750. The molecule has 0 unspecified atom stereocenters. The Bertz CT molecular complexity index is 907. The van der Waals surface area contributed by atoms with E-state index in [1.807, 2.05) is 19.9 Å². The summed E-state index contributed by atoms with van der Waals surface area (Å²) >= 11 is 3.33. The molecule has 8 heteroatoms. The molecule has 2 rings (SSSR count). The molecule has 1 N–H and O–H groups in total. The van der Waals surface area contributed by atoms with E-state index in [-0.39, 0.29) is 12.5 Å². The van der Waals surface area contributed by atoms with Crippen molar-refractivity contribution < 1.29 is 23.8 Å². The Kier molecular flexibility index (Phi) is 8.49. The Morgan fingerprint density at radius 3 is 2.48 bits per heavy atom. The number of halogens is 1. The minimum Gasteiger partial charge on any atom is -0.490 e. The van der Waals surface area contributed by atoms with Gasteiger partial charge in [0, 0.05) is 11.8 Å². The van der Waals surface area contributed by atoms with Crippen molar-refractivity contribution in [2.45, 2.75) is 20.3 Å². The van der Waals surface area contributed by atoms with Crippen LogP contribution in [0.2, 0.25) is 0 Å². The number of rotatable bonds is 9. The molecule has 0 heterocycles. The molecule has 0 aliphatic rings. The second kappa shape index (κ2) is 11.1. The fourth-order valence-corrected chi connectivity index (χ4v) is 2.89. The number of anilines is 1. The highest BCUT2D eigenvalue weighted by atomic mass is 79.9. The molecule has 1 amide bonds. The molecule has 2 aromatic rings. The molecule has 0 saturated carbocycles. The van der Waals surface area contributed by atoms with Gasteiger partial charge in [-0.2, -0.15) is 5.26 Å². The van der Waals surface area contributed by atoms with Crippen LogP contribution in [0.3, 0.4) is 0 Å². The van der Waals surface area contributed by atoms with Crippen LogP contribution in [0.4, 0.5) is 5.69 Å². The lowest BCUT2D eigenvalue weighted by molar-refractivity contribution is -0.118. The van der Waals surface area contributed by atoms with Crippen LogP contribution in [0.15, 0.2) is 40.9 Å². The van der Waals surface area contributed by atoms with Gasteiger partial charge in [-0.05, 0) is 59.6 Å². The first-order chi connectivity index (χ1) is 14.0. The minimum atomic E-state index is -0.401. The van der Waals surface area contributed by atoms with Crippen molar-refractivity contribution in [2.24, 2.45) is 0 Å². The van der Waals surface area contributed by atoms with Crippen LogP contribution in [0.5, 0.6) is 11.5 Å². The Morgan fingerprint density at radius 1 is 1.14 bits per heavy atom. The zero-order valence-corrected chi connectivity index (χ0v) is 17.7. The molecule has 0 radical (unpaired) electrons. The molecule has 0 aromatic heterocycles. The van der Waals surface area contributed by atoms with Crippen LogP contribution in [-0.4, -0.2) is 31.7 Å². The van der Waals surface area contributed by atoms with Gasteiger partial charge < -0.3 is 19.5 Å². The Labute approximate surface area is 177 Å². The first-order valence-corrected chi connectivity index (χ1v) is 9.84.